The van der Waals surface area contributed by atoms with Crippen molar-refractivity contribution in [2.45, 2.75) is 43.7 Å². The lowest BCUT2D eigenvalue weighted by atomic mass is 9.85. The molecule has 2 unspecified atom stereocenters. The Hall–Kier alpha value is -2.69. The number of carbonyl (C=O) groups is 2. The van der Waals surface area contributed by atoms with E-state index in [2.05, 4.69) is 0 Å². The van der Waals surface area contributed by atoms with Crippen LogP contribution in [0.25, 0.3) is 0 Å². The van der Waals surface area contributed by atoms with E-state index < -0.39 is 5.97 Å². The molecule has 1 amide bonds. The highest BCUT2D eigenvalue weighted by Crippen LogP contribution is 2.43. The van der Waals surface area contributed by atoms with Crippen molar-refractivity contribution in [3.8, 4) is 0 Å². The third kappa shape index (κ3) is 3.34. The SMILES string of the molecule is COC(=O)c1ccc(C(=O)N2C3CCC2CC(c2ccc(F)cc2)C3)cc1. The Balaban J connectivity index is 1.50. The van der Waals surface area contributed by atoms with Crippen molar-refractivity contribution in [3.05, 3.63) is 71.0 Å². The van der Waals surface area contributed by atoms with Gasteiger partial charge in [-0.05, 0) is 73.6 Å². The zero-order valence-corrected chi connectivity index (χ0v) is 15.2. The maximum absolute atomic E-state index is 13.2. The number of carbonyl (C=O) groups excluding carboxylic acids is 2. The van der Waals surface area contributed by atoms with Gasteiger partial charge in [0.05, 0.1) is 12.7 Å². The molecule has 2 atom stereocenters. The molecule has 2 heterocycles. The number of hydrogen-bond donors (Lipinski definition) is 0. The van der Waals surface area contributed by atoms with Crippen molar-refractivity contribution in [1.29, 1.82) is 0 Å². The van der Waals surface area contributed by atoms with Gasteiger partial charge >= 0.3 is 5.97 Å². The summed E-state index contributed by atoms with van der Waals surface area (Å²) in [6, 6.07) is 13.8. The monoisotopic (exact) mass is 367 g/mol. The number of hydrogen-bond acceptors (Lipinski definition) is 3. The number of halogens is 1. The fourth-order valence-electron chi connectivity index (χ4n) is 4.53. The number of ether oxygens (including phenoxy) is 1. The van der Waals surface area contributed by atoms with Crippen molar-refractivity contribution in [2.75, 3.05) is 7.11 Å². The molecular formula is C22H22FNO3. The highest BCUT2D eigenvalue weighted by atomic mass is 19.1. The quantitative estimate of drug-likeness (QED) is 0.765. The number of rotatable bonds is 3. The Kier molecular flexibility index (Phi) is 4.68. The molecular weight excluding hydrogens is 345 g/mol. The lowest BCUT2D eigenvalue weighted by molar-refractivity contribution is 0.0566. The summed E-state index contributed by atoms with van der Waals surface area (Å²) in [4.78, 5) is 26.6. The average molecular weight is 367 g/mol. The Labute approximate surface area is 157 Å². The minimum absolute atomic E-state index is 0.0245. The Morgan fingerprint density at radius 1 is 0.926 bits per heavy atom. The van der Waals surface area contributed by atoms with E-state index in [1.165, 1.54) is 19.2 Å². The summed E-state index contributed by atoms with van der Waals surface area (Å²) in [5.41, 5.74) is 2.19. The molecule has 0 N–H and O–H groups in total. The Bertz CT molecular complexity index is 833. The summed E-state index contributed by atoms with van der Waals surface area (Å²) in [6.07, 6.45) is 3.84. The van der Waals surface area contributed by atoms with E-state index >= 15 is 0 Å². The molecule has 0 aliphatic carbocycles. The van der Waals surface area contributed by atoms with Crippen LogP contribution < -0.4 is 0 Å². The predicted molar refractivity (Wildman–Crippen MR) is 99.1 cm³/mol. The highest BCUT2D eigenvalue weighted by molar-refractivity contribution is 5.96. The largest absolute Gasteiger partial charge is 0.465 e. The molecule has 2 aliphatic heterocycles. The molecule has 140 valence electrons. The van der Waals surface area contributed by atoms with Crippen molar-refractivity contribution in [2.24, 2.45) is 0 Å². The summed E-state index contributed by atoms with van der Waals surface area (Å²) in [6.45, 7) is 0. The number of benzene rings is 2. The van der Waals surface area contributed by atoms with E-state index in [4.69, 9.17) is 4.74 Å². The third-order valence-electron chi connectivity index (χ3n) is 5.86. The normalized spacial score (nSPS) is 23.9. The number of nitrogens with zero attached hydrogens (tertiary/aromatic N) is 1. The fraction of sp³-hybridized carbons (Fsp3) is 0.364. The van der Waals surface area contributed by atoms with E-state index in [9.17, 15) is 14.0 Å². The second-order valence-electron chi connectivity index (χ2n) is 7.39. The first-order valence-electron chi connectivity index (χ1n) is 9.33. The molecule has 2 bridgehead atoms. The smallest absolute Gasteiger partial charge is 0.337 e. The molecule has 2 aromatic carbocycles. The molecule has 0 aromatic heterocycles. The van der Waals surface area contributed by atoms with Crippen molar-refractivity contribution in [3.63, 3.8) is 0 Å². The predicted octanol–water partition coefficient (Wildman–Crippen LogP) is 4.16. The Morgan fingerprint density at radius 3 is 2.04 bits per heavy atom. The van der Waals surface area contributed by atoms with Gasteiger partial charge in [-0.2, -0.15) is 0 Å². The molecule has 4 rings (SSSR count). The Morgan fingerprint density at radius 2 is 1.48 bits per heavy atom. The van der Waals surface area contributed by atoms with Crippen LogP contribution in [0.5, 0.6) is 0 Å². The van der Waals surface area contributed by atoms with Crippen LogP contribution >= 0.6 is 0 Å². The van der Waals surface area contributed by atoms with Gasteiger partial charge in [-0.15, -0.1) is 0 Å². The lowest BCUT2D eigenvalue weighted by Gasteiger charge is -2.39. The molecule has 4 nitrogen and oxygen atoms in total. The van der Waals surface area contributed by atoms with Crippen LogP contribution in [0.4, 0.5) is 4.39 Å². The van der Waals surface area contributed by atoms with Crippen molar-refractivity contribution in [1.82, 2.24) is 4.90 Å². The van der Waals surface area contributed by atoms with E-state index in [1.807, 2.05) is 17.0 Å². The summed E-state index contributed by atoms with van der Waals surface area (Å²) in [5, 5.41) is 0. The molecule has 2 saturated heterocycles. The van der Waals surface area contributed by atoms with Gasteiger partial charge in [0, 0.05) is 17.6 Å². The number of piperidine rings is 1. The minimum Gasteiger partial charge on any atom is -0.465 e. The summed E-state index contributed by atoms with van der Waals surface area (Å²) in [7, 11) is 1.34. The molecule has 5 heteroatoms. The molecule has 2 aromatic rings. The van der Waals surface area contributed by atoms with Crippen LogP contribution in [0.2, 0.25) is 0 Å². The number of esters is 1. The van der Waals surface area contributed by atoms with Crippen LogP contribution in [0.15, 0.2) is 48.5 Å². The zero-order valence-electron chi connectivity index (χ0n) is 15.2. The second-order valence-corrected chi connectivity index (χ2v) is 7.39. The summed E-state index contributed by atoms with van der Waals surface area (Å²) in [5.74, 6) is -0.232. The topological polar surface area (TPSA) is 46.6 Å². The van der Waals surface area contributed by atoms with Gasteiger partial charge in [-0.3, -0.25) is 4.79 Å². The molecule has 0 spiro atoms. The van der Waals surface area contributed by atoms with Gasteiger partial charge in [0.15, 0.2) is 0 Å². The van der Waals surface area contributed by atoms with Gasteiger partial charge in [0.2, 0.25) is 0 Å². The first-order valence-corrected chi connectivity index (χ1v) is 9.33. The fourth-order valence-corrected chi connectivity index (χ4v) is 4.53. The molecule has 0 radical (unpaired) electrons. The van der Waals surface area contributed by atoms with Gasteiger partial charge in [-0.25, -0.2) is 9.18 Å². The standard InChI is InChI=1S/C22H22FNO3/c1-27-22(26)16-4-2-15(3-5-16)21(25)24-19-10-11-20(24)13-17(12-19)14-6-8-18(23)9-7-14/h2-9,17,19-20H,10-13H2,1H3. The number of fused-ring (bicyclic) bond motifs is 2. The number of methoxy groups -OCH3 is 1. The number of amides is 1. The van der Waals surface area contributed by atoms with Gasteiger partial charge in [0.1, 0.15) is 5.82 Å². The van der Waals surface area contributed by atoms with Crippen molar-refractivity contribution >= 4 is 11.9 Å². The average Bonchev–Trinajstić information content (AvgIpc) is 2.96. The molecule has 2 fully saturated rings. The van der Waals surface area contributed by atoms with E-state index in [1.54, 1.807) is 24.3 Å². The van der Waals surface area contributed by atoms with Crippen LogP contribution in [0.3, 0.4) is 0 Å². The summed E-state index contributed by atoms with van der Waals surface area (Å²) < 4.78 is 17.9. The van der Waals surface area contributed by atoms with Crippen LogP contribution in [0, 0.1) is 5.82 Å². The maximum atomic E-state index is 13.2. The van der Waals surface area contributed by atoms with Crippen LogP contribution in [0.1, 0.15) is 57.9 Å². The first kappa shape index (κ1) is 17.7. The van der Waals surface area contributed by atoms with Gasteiger partial charge < -0.3 is 9.64 Å². The summed E-state index contributed by atoms with van der Waals surface area (Å²) >= 11 is 0. The minimum atomic E-state index is -0.408. The maximum Gasteiger partial charge on any atom is 0.337 e. The molecule has 2 aliphatic rings. The van der Waals surface area contributed by atoms with Crippen LogP contribution in [-0.2, 0) is 4.74 Å². The van der Waals surface area contributed by atoms with Gasteiger partial charge in [-0.1, -0.05) is 12.1 Å². The van der Waals surface area contributed by atoms with E-state index in [-0.39, 0.29) is 23.8 Å². The first-order chi connectivity index (χ1) is 13.1. The van der Waals surface area contributed by atoms with E-state index in [0.29, 0.717) is 17.0 Å². The van der Waals surface area contributed by atoms with E-state index in [0.717, 1.165) is 31.2 Å². The highest BCUT2D eigenvalue weighted by Gasteiger charge is 2.43. The van der Waals surface area contributed by atoms with Crippen LogP contribution in [-0.4, -0.2) is 36.0 Å². The van der Waals surface area contributed by atoms with Gasteiger partial charge in [0.25, 0.3) is 5.91 Å². The second kappa shape index (κ2) is 7.14. The van der Waals surface area contributed by atoms with Crippen molar-refractivity contribution < 1.29 is 18.7 Å². The molecule has 0 saturated carbocycles. The zero-order chi connectivity index (χ0) is 19.0. The molecule has 27 heavy (non-hydrogen) atoms. The third-order valence-corrected chi connectivity index (χ3v) is 5.86. The lowest BCUT2D eigenvalue weighted by Crippen LogP contribution is -2.46.